The highest BCUT2D eigenvalue weighted by Crippen LogP contribution is 2.31. The predicted octanol–water partition coefficient (Wildman–Crippen LogP) is 5.62. The summed E-state index contributed by atoms with van der Waals surface area (Å²) < 4.78 is 0. The molecule has 2 aromatic carbocycles. The Balaban J connectivity index is 1.83. The highest BCUT2D eigenvalue weighted by atomic mass is 15.0. The lowest BCUT2D eigenvalue weighted by Crippen LogP contribution is -2.01. The maximum atomic E-state index is 4.84. The van der Waals surface area contributed by atoms with E-state index in [0.29, 0.717) is 0 Å². The standard InChI is InChI=1S/C22H18N2/c1-4-10-17(11-5-1)20-16-22(23-18-12-6-2-7-13-18)24-21-15-9-3-8-14-19(20)21/h1-14,16H,15H2,(H,23,24). The topological polar surface area (TPSA) is 24.9 Å². The smallest absolute Gasteiger partial charge is 0.131 e. The molecule has 1 aliphatic carbocycles. The Morgan fingerprint density at radius 2 is 1.58 bits per heavy atom. The number of fused-ring (bicyclic) bond motifs is 1. The van der Waals surface area contributed by atoms with E-state index in [1.807, 2.05) is 24.3 Å². The number of hydrogen-bond donors (Lipinski definition) is 1. The molecule has 0 unspecified atom stereocenters. The largest absolute Gasteiger partial charge is 0.340 e. The summed E-state index contributed by atoms with van der Waals surface area (Å²) in [6, 6.07) is 22.8. The number of hydrogen-bond acceptors (Lipinski definition) is 2. The summed E-state index contributed by atoms with van der Waals surface area (Å²) in [6.45, 7) is 0. The molecule has 0 spiro atoms. The molecule has 0 saturated carbocycles. The molecule has 2 heteroatoms. The molecule has 1 heterocycles. The van der Waals surface area contributed by atoms with Gasteiger partial charge in [0.1, 0.15) is 5.82 Å². The third-order valence-corrected chi connectivity index (χ3v) is 4.09. The molecule has 1 aromatic heterocycles. The van der Waals surface area contributed by atoms with Crippen molar-refractivity contribution in [2.75, 3.05) is 5.32 Å². The van der Waals surface area contributed by atoms with Gasteiger partial charge in [-0.05, 0) is 29.3 Å². The summed E-state index contributed by atoms with van der Waals surface area (Å²) in [5, 5.41) is 3.43. The quantitative estimate of drug-likeness (QED) is 0.679. The van der Waals surface area contributed by atoms with Crippen LogP contribution in [-0.4, -0.2) is 4.98 Å². The monoisotopic (exact) mass is 310 g/mol. The van der Waals surface area contributed by atoms with Gasteiger partial charge in [-0.15, -0.1) is 0 Å². The summed E-state index contributed by atoms with van der Waals surface area (Å²) in [7, 11) is 0. The van der Waals surface area contributed by atoms with Crippen molar-refractivity contribution in [3.8, 4) is 11.1 Å². The Morgan fingerprint density at radius 3 is 2.38 bits per heavy atom. The lowest BCUT2D eigenvalue weighted by molar-refractivity contribution is 1.11. The van der Waals surface area contributed by atoms with Gasteiger partial charge in [0.2, 0.25) is 0 Å². The van der Waals surface area contributed by atoms with Gasteiger partial charge in [0, 0.05) is 17.7 Å². The van der Waals surface area contributed by atoms with Crippen LogP contribution in [0.2, 0.25) is 0 Å². The molecule has 0 amide bonds. The number of rotatable bonds is 3. The van der Waals surface area contributed by atoms with Gasteiger partial charge < -0.3 is 5.32 Å². The molecule has 1 N–H and O–H groups in total. The lowest BCUT2D eigenvalue weighted by Gasteiger charge is -2.14. The lowest BCUT2D eigenvalue weighted by atomic mass is 9.97. The van der Waals surface area contributed by atoms with Crippen molar-refractivity contribution >= 4 is 17.6 Å². The molecule has 0 radical (unpaired) electrons. The highest BCUT2D eigenvalue weighted by Gasteiger charge is 2.12. The molecule has 2 nitrogen and oxygen atoms in total. The Morgan fingerprint density at radius 1 is 0.833 bits per heavy atom. The van der Waals surface area contributed by atoms with Crippen LogP contribution >= 0.6 is 0 Å². The second-order valence-corrected chi connectivity index (χ2v) is 5.76. The SMILES string of the molecule is C1=CCc2nc(Nc3ccccc3)cc(-c3ccccc3)c2C=C1. The van der Waals surface area contributed by atoms with Crippen LogP contribution in [-0.2, 0) is 6.42 Å². The minimum absolute atomic E-state index is 0.840. The van der Waals surface area contributed by atoms with E-state index in [-0.39, 0.29) is 0 Å². The first-order chi connectivity index (χ1) is 11.9. The number of anilines is 2. The first-order valence-electron chi connectivity index (χ1n) is 8.15. The van der Waals surface area contributed by atoms with E-state index in [2.05, 4.69) is 72.1 Å². The minimum Gasteiger partial charge on any atom is -0.340 e. The van der Waals surface area contributed by atoms with Crippen LogP contribution < -0.4 is 5.32 Å². The zero-order chi connectivity index (χ0) is 16.2. The Bertz CT molecular complexity index is 894. The van der Waals surface area contributed by atoms with Gasteiger partial charge in [0.25, 0.3) is 0 Å². The van der Waals surface area contributed by atoms with Gasteiger partial charge in [-0.1, -0.05) is 72.8 Å². The number of aromatic nitrogens is 1. The first-order valence-corrected chi connectivity index (χ1v) is 8.15. The highest BCUT2D eigenvalue weighted by molar-refractivity contribution is 5.80. The van der Waals surface area contributed by atoms with Crippen molar-refractivity contribution in [3.05, 3.63) is 96.2 Å². The zero-order valence-corrected chi connectivity index (χ0v) is 13.3. The van der Waals surface area contributed by atoms with Crippen molar-refractivity contribution in [2.45, 2.75) is 6.42 Å². The summed E-state index contributed by atoms with van der Waals surface area (Å²) in [6.07, 6.45) is 9.31. The van der Waals surface area contributed by atoms with Crippen LogP contribution in [0.5, 0.6) is 0 Å². The molecule has 1 aliphatic rings. The molecule has 0 bridgehead atoms. The van der Waals surface area contributed by atoms with Crippen molar-refractivity contribution in [1.82, 2.24) is 4.98 Å². The Hall–Kier alpha value is -3.13. The van der Waals surface area contributed by atoms with Crippen molar-refractivity contribution < 1.29 is 0 Å². The van der Waals surface area contributed by atoms with Crippen molar-refractivity contribution in [3.63, 3.8) is 0 Å². The molecule has 0 aliphatic heterocycles. The Labute approximate surface area is 142 Å². The normalized spacial score (nSPS) is 12.5. The van der Waals surface area contributed by atoms with Crippen LogP contribution in [0, 0.1) is 0 Å². The van der Waals surface area contributed by atoms with Gasteiger partial charge in [-0.25, -0.2) is 4.98 Å². The Kier molecular flexibility index (Phi) is 3.95. The molecule has 24 heavy (non-hydrogen) atoms. The predicted molar refractivity (Wildman–Crippen MR) is 101 cm³/mol. The number of nitrogens with zero attached hydrogens (tertiary/aromatic N) is 1. The molecule has 0 atom stereocenters. The third kappa shape index (κ3) is 2.99. The van der Waals surface area contributed by atoms with Crippen LogP contribution in [0.1, 0.15) is 11.3 Å². The number of pyridine rings is 1. The van der Waals surface area contributed by atoms with E-state index in [1.54, 1.807) is 0 Å². The summed E-state index contributed by atoms with van der Waals surface area (Å²) in [4.78, 5) is 4.84. The molecular weight excluding hydrogens is 292 g/mol. The molecule has 0 saturated heterocycles. The van der Waals surface area contributed by atoms with E-state index >= 15 is 0 Å². The van der Waals surface area contributed by atoms with Crippen LogP contribution in [0.3, 0.4) is 0 Å². The van der Waals surface area contributed by atoms with Gasteiger partial charge in [-0.2, -0.15) is 0 Å². The van der Waals surface area contributed by atoms with E-state index in [4.69, 9.17) is 4.98 Å². The number of para-hydroxylation sites is 1. The molecule has 4 rings (SSSR count). The van der Waals surface area contributed by atoms with Gasteiger partial charge in [-0.3, -0.25) is 0 Å². The van der Waals surface area contributed by atoms with Crippen LogP contribution in [0.4, 0.5) is 11.5 Å². The third-order valence-electron chi connectivity index (χ3n) is 4.09. The van der Waals surface area contributed by atoms with E-state index in [9.17, 15) is 0 Å². The summed E-state index contributed by atoms with van der Waals surface area (Å²) in [5.41, 5.74) is 5.76. The zero-order valence-electron chi connectivity index (χ0n) is 13.3. The van der Waals surface area contributed by atoms with Gasteiger partial charge >= 0.3 is 0 Å². The van der Waals surface area contributed by atoms with Crippen molar-refractivity contribution in [2.24, 2.45) is 0 Å². The molecule has 0 fully saturated rings. The van der Waals surface area contributed by atoms with Crippen LogP contribution in [0.25, 0.3) is 17.2 Å². The molecular formula is C22H18N2. The summed E-state index contributed by atoms with van der Waals surface area (Å²) >= 11 is 0. The first kappa shape index (κ1) is 14.5. The number of benzene rings is 2. The fourth-order valence-corrected chi connectivity index (χ4v) is 2.95. The average Bonchev–Trinajstić information content (AvgIpc) is 2.88. The van der Waals surface area contributed by atoms with Gasteiger partial charge in [0.05, 0.1) is 5.69 Å². The fraction of sp³-hybridized carbons (Fsp3) is 0.0455. The molecule has 116 valence electrons. The van der Waals surface area contributed by atoms with E-state index < -0.39 is 0 Å². The second-order valence-electron chi connectivity index (χ2n) is 5.76. The van der Waals surface area contributed by atoms with Crippen molar-refractivity contribution in [1.29, 1.82) is 0 Å². The maximum absolute atomic E-state index is 4.84. The molecule has 3 aromatic rings. The minimum atomic E-state index is 0.840. The van der Waals surface area contributed by atoms with E-state index in [1.165, 1.54) is 16.7 Å². The average molecular weight is 310 g/mol. The second kappa shape index (κ2) is 6.55. The van der Waals surface area contributed by atoms with Gasteiger partial charge in [0.15, 0.2) is 0 Å². The van der Waals surface area contributed by atoms with E-state index in [0.717, 1.165) is 23.6 Å². The van der Waals surface area contributed by atoms with Crippen LogP contribution in [0.15, 0.2) is 85.0 Å². The summed E-state index contributed by atoms with van der Waals surface area (Å²) in [5.74, 6) is 0.877. The maximum Gasteiger partial charge on any atom is 0.131 e. The number of nitrogens with one attached hydrogen (secondary N) is 1. The number of allylic oxidation sites excluding steroid dienone is 3. The fourth-order valence-electron chi connectivity index (χ4n) is 2.95.